The normalized spacial score (nSPS) is 28.5. The number of benzene rings is 2. The molecule has 4 unspecified atom stereocenters. The predicted octanol–water partition coefficient (Wildman–Crippen LogP) is 5.05. The van der Waals surface area contributed by atoms with E-state index in [0.29, 0.717) is 53.4 Å². The minimum absolute atomic E-state index is 0.219. The van der Waals surface area contributed by atoms with Gasteiger partial charge >= 0.3 is 0 Å². The summed E-state index contributed by atoms with van der Waals surface area (Å²) in [4.78, 5) is 33.5. The number of carbonyl (C=O) groups is 2. The molecule has 0 saturated carbocycles. The molecular weight excluding hydrogens is 478 g/mol. The minimum atomic E-state index is -0.767. The molecule has 7 nitrogen and oxygen atoms in total. The van der Waals surface area contributed by atoms with Gasteiger partial charge in [0.1, 0.15) is 0 Å². The smallest absolute Gasteiger partial charge is 0.240 e. The van der Waals surface area contributed by atoms with E-state index in [9.17, 15) is 14.9 Å². The number of hydrogen-bond donors (Lipinski definition) is 0. The van der Waals surface area contributed by atoms with E-state index < -0.39 is 23.0 Å². The molecule has 2 bridgehead atoms. The van der Waals surface area contributed by atoms with E-state index in [1.165, 1.54) is 11.1 Å². The van der Waals surface area contributed by atoms with Gasteiger partial charge in [0.25, 0.3) is 0 Å². The van der Waals surface area contributed by atoms with Crippen molar-refractivity contribution in [2.75, 3.05) is 11.5 Å². The zero-order valence-corrected chi connectivity index (χ0v) is 20.5. The first-order valence-electron chi connectivity index (χ1n) is 12.2. The van der Waals surface area contributed by atoms with Crippen molar-refractivity contribution in [1.82, 2.24) is 4.98 Å². The van der Waals surface area contributed by atoms with Crippen molar-refractivity contribution in [3.05, 3.63) is 65.3 Å². The van der Waals surface area contributed by atoms with Crippen LogP contribution in [0.3, 0.4) is 0 Å². The summed E-state index contributed by atoms with van der Waals surface area (Å²) < 4.78 is 12.5. The summed E-state index contributed by atoms with van der Waals surface area (Å²) in [5.74, 6) is -1.12. The summed E-state index contributed by atoms with van der Waals surface area (Å²) in [5.41, 5.74) is -0.396. The van der Waals surface area contributed by atoms with Crippen LogP contribution in [0, 0.1) is 23.2 Å². The highest BCUT2D eigenvalue weighted by Gasteiger charge is 2.74. The van der Waals surface area contributed by atoms with Crippen molar-refractivity contribution in [1.29, 1.82) is 5.26 Å². The maximum atomic E-state index is 14.0. The van der Waals surface area contributed by atoms with Crippen LogP contribution in [0.25, 0.3) is 10.8 Å². The van der Waals surface area contributed by atoms with Gasteiger partial charge in [-0.05, 0) is 37.5 Å². The molecule has 4 atom stereocenters. The fraction of sp³-hybridized carbons (Fsp3) is 0.357. The second-order valence-corrected chi connectivity index (χ2v) is 10.2. The highest BCUT2D eigenvalue weighted by Crippen LogP contribution is 2.63. The highest BCUT2D eigenvalue weighted by molar-refractivity contribution is 6.30. The molecule has 8 heteroatoms. The van der Waals surface area contributed by atoms with Crippen LogP contribution in [-0.4, -0.2) is 34.6 Å². The van der Waals surface area contributed by atoms with Gasteiger partial charge < -0.3 is 9.47 Å². The number of carbonyl (C=O) groups excluding carboxylic acids is 2. The molecule has 0 radical (unpaired) electrons. The van der Waals surface area contributed by atoms with E-state index in [4.69, 9.17) is 21.1 Å². The van der Waals surface area contributed by atoms with Crippen LogP contribution in [0.2, 0.25) is 5.02 Å². The first kappa shape index (κ1) is 23.0. The third-order valence-electron chi connectivity index (χ3n) is 8.15. The van der Waals surface area contributed by atoms with Gasteiger partial charge in [0, 0.05) is 29.5 Å². The Morgan fingerprint density at radius 2 is 1.81 bits per heavy atom. The number of nitrogens with zero attached hydrogens (tertiary/aromatic N) is 3. The lowest BCUT2D eigenvalue weighted by molar-refractivity contribution is -0.132. The lowest BCUT2D eigenvalue weighted by atomic mass is 9.66. The van der Waals surface area contributed by atoms with Crippen LogP contribution in [0.1, 0.15) is 38.2 Å². The van der Waals surface area contributed by atoms with E-state index in [2.05, 4.69) is 11.1 Å². The molecule has 2 amide bonds. The summed E-state index contributed by atoms with van der Waals surface area (Å²) in [7, 11) is 0. The third kappa shape index (κ3) is 3.18. The molecule has 182 valence electrons. The fourth-order valence-electron chi connectivity index (χ4n) is 6.49. The van der Waals surface area contributed by atoms with E-state index in [0.717, 1.165) is 11.8 Å². The van der Waals surface area contributed by atoms with Crippen LogP contribution < -0.4 is 9.64 Å². The Bertz CT molecular complexity index is 1430. The lowest BCUT2D eigenvalue weighted by Crippen LogP contribution is -2.43. The number of ether oxygens (including phenoxy) is 2. The number of imide groups is 1. The van der Waals surface area contributed by atoms with Gasteiger partial charge in [0.05, 0.1) is 52.0 Å². The van der Waals surface area contributed by atoms with Crippen LogP contribution in [-0.2, 0) is 14.3 Å². The Morgan fingerprint density at radius 1 is 1.08 bits per heavy atom. The monoisotopic (exact) mass is 501 g/mol. The van der Waals surface area contributed by atoms with Crippen LogP contribution >= 0.6 is 11.6 Å². The van der Waals surface area contributed by atoms with Gasteiger partial charge in [-0.3, -0.25) is 9.59 Å². The molecule has 1 aromatic heterocycles. The second-order valence-electron chi connectivity index (χ2n) is 9.76. The van der Waals surface area contributed by atoms with Crippen LogP contribution in [0.15, 0.2) is 54.7 Å². The number of rotatable bonds is 6. The van der Waals surface area contributed by atoms with Crippen LogP contribution in [0.5, 0.6) is 5.88 Å². The molecule has 0 N–H and O–H groups in total. The third-order valence-corrected chi connectivity index (χ3v) is 8.38. The van der Waals surface area contributed by atoms with Gasteiger partial charge in [-0.15, -0.1) is 0 Å². The summed E-state index contributed by atoms with van der Waals surface area (Å²) in [6, 6.07) is 16.4. The summed E-state index contributed by atoms with van der Waals surface area (Å²) in [5, 5.41) is 11.5. The van der Waals surface area contributed by atoms with E-state index in [-0.39, 0.29) is 11.8 Å². The maximum absolute atomic E-state index is 14.0. The number of pyridine rings is 1. The molecule has 3 aliphatic rings. The summed E-state index contributed by atoms with van der Waals surface area (Å²) in [6.07, 6.45) is 4.07. The summed E-state index contributed by atoms with van der Waals surface area (Å²) in [6.45, 7) is 2.32. The molecule has 0 aliphatic carbocycles. The Morgan fingerprint density at radius 3 is 2.50 bits per heavy atom. The Labute approximate surface area is 213 Å². The van der Waals surface area contributed by atoms with Gasteiger partial charge in [-0.2, -0.15) is 5.26 Å². The molecule has 6 rings (SSSR count). The standard InChI is InChI=1S/C28H24ClN3O4/c1-2-27-11-12-28(36-27,13-14-35-22-10-8-18(29)16-31-22)24-23(27)25(33)32(26(24)34)21-9-7-17(15-30)19-5-3-4-6-20(19)21/h3-10,16,23-24H,2,11-14H2,1H3. The van der Waals surface area contributed by atoms with Crippen molar-refractivity contribution in [3.8, 4) is 11.9 Å². The topological polar surface area (TPSA) is 92.5 Å². The van der Waals surface area contributed by atoms with Crippen molar-refractivity contribution in [2.24, 2.45) is 11.8 Å². The zero-order chi connectivity index (χ0) is 25.1. The Hall–Kier alpha value is -3.47. The average Bonchev–Trinajstić information content (AvgIpc) is 3.51. The molecule has 3 aromatic rings. The fourth-order valence-corrected chi connectivity index (χ4v) is 6.60. The Balaban J connectivity index is 1.35. The predicted molar refractivity (Wildman–Crippen MR) is 134 cm³/mol. The first-order chi connectivity index (χ1) is 17.4. The van der Waals surface area contributed by atoms with Gasteiger partial charge in [0.2, 0.25) is 17.7 Å². The maximum Gasteiger partial charge on any atom is 0.240 e. The second kappa shape index (κ2) is 8.29. The summed E-state index contributed by atoms with van der Waals surface area (Å²) >= 11 is 5.91. The molecule has 36 heavy (non-hydrogen) atoms. The van der Waals surface area contributed by atoms with Gasteiger partial charge in [-0.1, -0.05) is 42.8 Å². The minimum Gasteiger partial charge on any atom is -0.478 e. The van der Waals surface area contributed by atoms with E-state index >= 15 is 0 Å². The largest absolute Gasteiger partial charge is 0.478 e. The lowest BCUT2D eigenvalue weighted by Gasteiger charge is -2.31. The quantitative estimate of drug-likeness (QED) is 0.439. The van der Waals surface area contributed by atoms with Crippen LogP contribution in [0.4, 0.5) is 5.69 Å². The number of fused-ring (bicyclic) bond motifs is 6. The number of nitriles is 1. The number of anilines is 1. The number of amides is 2. The first-order valence-corrected chi connectivity index (χ1v) is 12.5. The van der Waals surface area contributed by atoms with Crippen molar-refractivity contribution in [2.45, 2.75) is 43.8 Å². The number of hydrogen-bond acceptors (Lipinski definition) is 6. The number of halogens is 1. The molecule has 3 saturated heterocycles. The van der Waals surface area contributed by atoms with Crippen molar-refractivity contribution in [3.63, 3.8) is 0 Å². The van der Waals surface area contributed by atoms with Gasteiger partial charge in [-0.25, -0.2) is 9.88 Å². The van der Waals surface area contributed by atoms with Crippen molar-refractivity contribution < 1.29 is 19.1 Å². The molecule has 3 aliphatic heterocycles. The molecule has 2 aromatic carbocycles. The molecule has 0 spiro atoms. The molecular formula is C28H24ClN3O4. The van der Waals surface area contributed by atoms with Crippen molar-refractivity contribution >= 4 is 39.9 Å². The Kier molecular flexibility index (Phi) is 5.29. The van der Waals surface area contributed by atoms with E-state index in [1.54, 1.807) is 24.3 Å². The number of aromatic nitrogens is 1. The highest BCUT2D eigenvalue weighted by atomic mass is 35.5. The SMILES string of the molecule is CCC12CCC(CCOc3ccc(Cl)cn3)(O1)C1C(=O)N(c3ccc(C#N)c4ccccc34)C(=O)C12. The zero-order valence-electron chi connectivity index (χ0n) is 19.7. The molecule has 3 fully saturated rings. The average molecular weight is 502 g/mol. The van der Waals surface area contributed by atoms with Gasteiger partial charge in [0.15, 0.2) is 0 Å². The van der Waals surface area contributed by atoms with E-state index in [1.807, 2.05) is 31.2 Å². The molecule has 4 heterocycles.